The number of rotatable bonds is 7. The molecule has 0 saturated carbocycles. The van der Waals surface area contributed by atoms with E-state index in [1.54, 1.807) is 14.2 Å². The third-order valence-corrected chi connectivity index (χ3v) is 11.0. The fourth-order valence-electron chi connectivity index (χ4n) is 5.82. The van der Waals surface area contributed by atoms with E-state index in [4.69, 9.17) is 9.47 Å². The molecule has 3 heteroatoms. The third-order valence-electron chi connectivity index (χ3n) is 7.56. The summed E-state index contributed by atoms with van der Waals surface area (Å²) in [6.45, 7) is 4.84. The quantitative estimate of drug-likeness (QED) is 0.252. The van der Waals surface area contributed by atoms with Crippen LogP contribution in [0.2, 0.25) is 6.55 Å². The molecule has 180 valence electrons. The molecule has 1 unspecified atom stereocenters. The van der Waals surface area contributed by atoms with Gasteiger partial charge in [-0.1, -0.05) is 98.4 Å². The van der Waals surface area contributed by atoms with Crippen molar-refractivity contribution in [2.45, 2.75) is 24.9 Å². The highest BCUT2D eigenvalue weighted by Gasteiger charge is 2.46. The fourth-order valence-corrected chi connectivity index (χ4v) is 9.26. The number of benzene rings is 4. The summed E-state index contributed by atoms with van der Waals surface area (Å²) in [5.41, 5.74) is 8.02. The Morgan fingerprint density at radius 2 is 1.11 bits per heavy atom. The molecule has 1 aliphatic rings. The molecule has 4 aromatic rings. The molecule has 0 amide bonds. The van der Waals surface area contributed by atoms with Crippen molar-refractivity contribution >= 4 is 24.7 Å². The van der Waals surface area contributed by atoms with Gasteiger partial charge in [-0.25, -0.2) is 0 Å². The number of methoxy groups -OCH3 is 2. The van der Waals surface area contributed by atoms with E-state index in [0.717, 1.165) is 17.9 Å². The molecule has 1 atom stereocenters. The lowest BCUT2D eigenvalue weighted by Crippen LogP contribution is -2.36. The van der Waals surface area contributed by atoms with Crippen LogP contribution in [0.25, 0.3) is 11.1 Å². The van der Waals surface area contributed by atoms with Crippen molar-refractivity contribution in [1.29, 1.82) is 0 Å². The Hall–Kier alpha value is -3.69. The SMILES string of the molecule is CCC1(c2ccc(OC)cc2)C(c2ccccc2)=C(c2ccccc2)C(c2ccc(OC)cc2)=[Si]1C. The molecule has 4 aromatic carbocycles. The Balaban J connectivity index is 1.90. The molecule has 0 radical (unpaired) electrons. The van der Waals surface area contributed by atoms with Crippen molar-refractivity contribution in [3.8, 4) is 11.5 Å². The minimum Gasteiger partial charge on any atom is -0.497 e. The van der Waals surface area contributed by atoms with Gasteiger partial charge in [0, 0.05) is 13.4 Å². The molecule has 1 heterocycles. The number of hydrogen-bond donors (Lipinski definition) is 0. The topological polar surface area (TPSA) is 18.5 Å². The maximum Gasteiger partial charge on any atom is 0.118 e. The first-order chi connectivity index (χ1) is 17.6. The van der Waals surface area contributed by atoms with Crippen molar-refractivity contribution < 1.29 is 9.47 Å². The Morgan fingerprint density at radius 1 is 0.611 bits per heavy atom. The highest BCUT2D eigenvalue weighted by Crippen LogP contribution is 2.51. The van der Waals surface area contributed by atoms with Gasteiger partial charge in [-0.3, -0.25) is 0 Å². The van der Waals surface area contributed by atoms with Gasteiger partial charge in [-0.15, -0.1) is 0 Å². The van der Waals surface area contributed by atoms with Crippen molar-refractivity contribution in [1.82, 2.24) is 0 Å². The predicted molar refractivity (Wildman–Crippen MR) is 153 cm³/mol. The predicted octanol–water partition coefficient (Wildman–Crippen LogP) is 7.44. The summed E-state index contributed by atoms with van der Waals surface area (Å²) in [6.07, 6.45) is 1.02. The zero-order valence-corrected chi connectivity index (χ0v) is 22.4. The van der Waals surface area contributed by atoms with Crippen molar-refractivity contribution in [3.05, 3.63) is 131 Å². The molecule has 5 rings (SSSR count). The number of ether oxygens (including phenoxy) is 2. The lowest BCUT2D eigenvalue weighted by atomic mass is 9.78. The first-order valence-corrected chi connectivity index (χ1v) is 14.5. The summed E-state index contributed by atoms with van der Waals surface area (Å²) < 4.78 is 11.0. The van der Waals surface area contributed by atoms with Crippen LogP contribution in [0.3, 0.4) is 0 Å². The molecule has 1 aliphatic heterocycles. The van der Waals surface area contributed by atoms with Crippen LogP contribution in [0.5, 0.6) is 11.5 Å². The molecule has 0 fully saturated rings. The van der Waals surface area contributed by atoms with Crippen molar-refractivity contribution in [2.75, 3.05) is 14.2 Å². The van der Waals surface area contributed by atoms with E-state index in [1.165, 1.54) is 38.6 Å². The summed E-state index contributed by atoms with van der Waals surface area (Å²) in [5, 5.41) is 1.38. The van der Waals surface area contributed by atoms with Crippen LogP contribution < -0.4 is 9.47 Å². The third kappa shape index (κ3) is 3.94. The van der Waals surface area contributed by atoms with E-state index in [0.29, 0.717) is 0 Å². The molecular weight excluding hydrogens is 456 g/mol. The highest BCUT2D eigenvalue weighted by atomic mass is 28.2. The Kier molecular flexibility index (Phi) is 6.75. The van der Waals surface area contributed by atoms with Crippen LogP contribution in [0.4, 0.5) is 0 Å². The van der Waals surface area contributed by atoms with Gasteiger partial charge < -0.3 is 9.47 Å². The minimum absolute atomic E-state index is 0.0985. The largest absolute Gasteiger partial charge is 0.497 e. The van der Waals surface area contributed by atoms with Gasteiger partial charge >= 0.3 is 0 Å². The van der Waals surface area contributed by atoms with Crippen LogP contribution in [0.15, 0.2) is 109 Å². The van der Waals surface area contributed by atoms with Gasteiger partial charge in [-0.2, -0.15) is 0 Å². The monoisotopic (exact) mass is 488 g/mol. The summed E-state index contributed by atoms with van der Waals surface area (Å²) in [6, 6.07) is 39.3. The van der Waals surface area contributed by atoms with Gasteiger partial charge in [0.2, 0.25) is 0 Å². The molecule has 0 bridgehead atoms. The maximum absolute atomic E-state index is 5.52. The molecule has 0 spiro atoms. The second-order valence-corrected chi connectivity index (χ2v) is 11.8. The summed E-state index contributed by atoms with van der Waals surface area (Å²) >= 11 is 0. The molecule has 2 nitrogen and oxygen atoms in total. The molecule has 36 heavy (non-hydrogen) atoms. The van der Waals surface area contributed by atoms with E-state index in [2.05, 4.69) is 123 Å². The van der Waals surface area contributed by atoms with Crippen LogP contribution in [-0.2, 0) is 5.04 Å². The van der Waals surface area contributed by atoms with Gasteiger partial charge in [0.1, 0.15) is 11.5 Å². The van der Waals surface area contributed by atoms with Gasteiger partial charge in [-0.05, 0) is 69.3 Å². The number of hydrogen-bond acceptors (Lipinski definition) is 2. The van der Waals surface area contributed by atoms with Crippen LogP contribution in [0.1, 0.15) is 35.6 Å². The second-order valence-electron chi connectivity index (χ2n) is 9.20. The molecule has 0 aromatic heterocycles. The zero-order valence-electron chi connectivity index (χ0n) is 21.4. The second kappa shape index (κ2) is 10.1. The Labute approximate surface area is 216 Å². The Morgan fingerprint density at radius 3 is 1.61 bits per heavy atom. The van der Waals surface area contributed by atoms with E-state index in [-0.39, 0.29) is 5.04 Å². The smallest absolute Gasteiger partial charge is 0.118 e. The maximum atomic E-state index is 5.52. The average Bonchev–Trinajstić information content (AvgIpc) is 3.23. The fraction of sp³-hybridized carbons (Fsp3) is 0.182. The minimum atomic E-state index is -1.12. The first-order valence-electron chi connectivity index (χ1n) is 12.5. The van der Waals surface area contributed by atoms with E-state index in [9.17, 15) is 0 Å². The van der Waals surface area contributed by atoms with Crippen molar-refractivity contribution in [3.63, 3.8) is 0 Å². The lowest BCUT2D eigenvalue weighted by Gasteiger charge is -2.35. The standard InChI is InChI=1S/C33H32O2Si/c1-5-33(27-18-22-29(35-3)23-19-27)31(25-14-10-7-11-15-25)30(24-12-8-6-9-13-24)32(36(33)4)26-16-20-28(34-2)21-17-26/h6-23H,5H2,1-4H3. The molecule has 0 aliphatic carbocycles. The van der Waals surface area contributed by atoms with E-state index in [1.807, 2.05) is 0 Å². The molecule has 0 saturated heterocycles. The first kappa shape index (κ1) is 24.0. The normalized spacial score (nSPS) is 17.4. The van der Waals surface area contributed by atoms with Crippen LogP contribution in [0, 0.1) is 0 Å². The summed E-state index contributed by atoms with van der Waals surface area (Å²) in [5.74, 6) is 1.77. The van der Waals surface area contributed by atoms with E-state index < -0.39 is 8.41 Å². The van der Waals surface area contributed by atoms with Crippen molar-refractivity contribution in [2.24, 2.45) is 0 Å². The summed E-state index contributed by atoms with van der Waals surface area (Å²) in [7, 11) is 2.34. The average molecular weight is 489 g/mol. The van der Waals surface area contributed by atoms with Crippen LogP contribution in [-0.4, -0.2) is 27.8 Å². The highest BCUT2D eigenvalue weighted by molar-refractivity contribution is 6.87. The molecular formula is C33H32O2Si. The lowest BCUT2D eigenvalue weighted by molar-refractivity contribution is 0.414. The molecule has 0 N–H and O–H groups in total. The zero-order chi connectivity index (χ0) is 25.1. The van der Waals surface area contributed by atoms with E-state index >= 15 is 0 Å². The van der Waals surface area contributed by atoms with Gasteiger partial charge in [0.25, 0.3) is 0 Å². The van der Waals surface area contributed by atoms with Gasteiger partial charge in [0.15, 0.2) is 0 Å². The Bertz CT molecular complexity index is 1400. The summed E-state index contributed by atoms with van der Waals surface area (Å²) in [4.78, 5) is 0. The van der Waals surface area contributed by atoms with Gasteiger partial charge in [0.05, 0.1) is 14.2 Å². The van der Waals surface area contributed by atoms with Crippen LogP contribution >= 0.6 is 0 Å². The number of allylic oxidation sites excluding steroid dienone is 2.